The van der Waals surface area contributed by atoms with Gasteiger partial charge in [-0.05, 0) is 37.5 Å². The first kappa shape index (κ1) is 16.7. The molecule has 24 heavy (non-hydrogen) atoms. The Kier molecular flexibility index (Phi) is 4.71. The van der Waals surface area contributed by atoms with Gasteiger partial charge in [-0.15, -0.1) is 11.3 Å². The van der Waals surface area contributed by atoms with E-state index in [1.165, 1.54) is 0 Å². The van der Waals surface area contributed by atoms with E-state index in [-0.39, 0.29) is 5.56 Å². The Morgan fingerprint density at radius 1 is 1.25 bits per heavy atom. The largest absolute Gasteiger partial charge is 0.494 e. The molecule has 0 saturated heterocycles. The van der Waals surface area contributed by atoms with Gasteiger partial charge in [-0.2, -0.15) is 0 Å². The van der Waals surface area contributed by atoms with Crippen molar-refractivity contribution in [3.05, 3.63) is 45.8 Å². The summed E-state index contributed by atoms with van der Waals surface area (Å²) in [6, 6.07) is 7.92. The van der Waals surface area contributed by atoms with Gasteiger partial charge in [-0.1, -0.05) is 26.0 Å². The van der Waals surface area contributed by atoms with Gasteiger partial charge in [-0.25, -0.2) is 4.98 Å². The van der Waals surface area contributed by atoms with Crippen molar-refractivity contribution >= 4 is 21.6 Å². The van der Waals surface area contributed by atoms with Gasteiger partial charge in [0.2, 0.25) is 0 Å². The van der Waals surface area contributed by atoms with Gasteiger partial charge in [0.1, 0.15) is 10.6 Å². The summed E-state index contributed by atoms with van der Waals surface area (Å²) in [5.74, 6) is 1.24. The minimum atomic E-state index is 0.0435. The van der Waals surface area contributed by atoms with Crippen molar-refractivity contribution in [3.63, 3.8) is 0 Å². The van der Waals surface area contributed by atoms with Gasteiger partial charge in [0, 0.05) is 17.0 Å². The van der Waals surface area contributed by atoms with Gasteiger partial charge in [0.15, 0.2) is 0 Å². The molecule has 0 bridgehead atoms. The van der Waals surface area contributed by atoms with Crippen LogP contribution >= 0.6 is 11.3 Å². The normalized spacial score (nSPS) is 11.4. The highest BCUT2D eigenvalue weighted by Gasteiger charge is 2.17. The molecule has 0 aliphatic rings. The number of ether oxygens (including phenoxy) is 1. The van der Waals surface area contributed by atoms with Crippen LogP contribution in [-0.4, -0.2) is 16.2 Å². The lowest BCUT2D eigenvalue weighted by atomic mass is 10.0. The molecule has 1 aromatic carbocycles. The highest BCUT2D eigenvalue weighted by molar-refractivity contribution is 7.19. The van der Waals surface area contributed by atoms with Crippen molar-refractivity contribution in [3.8, 4) is 16.9 Å². The number of hydrogen-bond acceptors (Lipinski definition) is 4. The summed E-state index contributed by atoms with van der Waals surface area (Å²) in [7, 11) is 0. The molecule has 0 saturated carbocycles. The number of thiophene rings is 1. The molecule has 0 aliphatic heterocycles. The van der Waals surface area contributed by atoms with Gasteiger partial charge in [0.05, 0.1) is 18.3 Å². The standard InChI is InChI=1S/C19H22N2O2S/c1-5-23-15-8-6-14(7-9-15)16-13(4)24-18-17(16)19(22)21(11-20-18)10-12(2)3/h6-9,11-12H,5,10H2,1-4H3. The van der Waals surface area contributed by atoms with E-state index in [9.17, 15) is 4.79 Å². The second-order valence-electron chi connectivity index (χ2n) is 6.27. The van der Waals surface area contributed by atoms with Gasteiger partial charge in [0.25, 0.3) is 5.56 Å². The van der Waals surface area contributed by atoms with E-state index >= 15 is 0 Å². The summed E-state index contributed by atoms with van der Waals surface area (Å²) in [6.07, 6.45) is 1.67. The van der Waals surface area contributed by atoms with Crippen molar-refractivity contribution in [2.75, 3.05) is 6.61 Å². The second kappa shape index (κ2) is 6.77. The summed E-state index contributed by atoms with van der Waals surface area (Å²) in [6.45, 7) is 9.53. The maximum atomic E-state index is 12.9. The van der Waals surface area contributed by atoms with Crippen LogP contribution in [0.3, 0.4) is 0 Å². The highest BCUT2D eigenvalue weighted by atomic mass is 32.1. The molecular formula is C19H22N2O2S. The number of fused-ring (bicyclic) bond motifs is 1. The monoisotopic (exact) mass is 342 g/mol. The highest BCUT2D eigenvalue weighted by Crippen LogP contribution is 2.36. The minimum absolute atomic E-state index is 0.0435. The van der Waals surface area contributed by atoms with Crippen molar-refractivity contribution in [1.29, 1.82) is 0 Å². The van der Waals surface area contributed by atoms with Crippen LogP contribution in [-0.2, 0) is 6.54 Å². The molecular weight excluding hydrogens is 320 g/mol. The number of aryl methyl sites for hydroxylation is 1. The summed E-state index contributed by atoms with van der Waals surface area (Å²) in [5, 5.41) is 0.727. The summed E-state index contributed by atoms with van der Waals surface area (Å²) in [4.78, 5) is 19.4. The first-order valence-corrected chi connectivity index (χ1v) is 9.04. The average molecular weight is 342 g/mol. The third-order valence-electron chi connectivity index (χ3n) is 3.87. The third kappa shape index (κ3) is 3.08. The molecule has 0 N–H and O–H groups in total. The number of benzene rings is 1. The molecule has 126 valence electrons. The molecule has 2 heterocycles. The van der Waals surface area contributed by atoms with E-state index < -0.39 is 0 Å². The van der Waals surface area contributed by atoms with Crippen LogP contribution in [0, 0.1) is 12.8 Å². The maximum absolute atomic E-state index is 12.9. The van der Waals surface area contributed by atoms with Crippen molar-refractivity contribution in [1.82, 2.24) is 9.55 Å². The Morgan fingerprint density at radius 2 is 1.96 bits per heavy atom. The van der Waals surface area contributed by atoms with Crippen LogP contribution < -0.4 is 10.3 Å². The Labute approximate surface area is 145 Å². The lowest BCUT2D eigenvalue weighted by Gasteiger charge is -2.09. The SMILES string of the molecule is CCOc1ccc(-c2c(C)sc3ncn(CC(C)C)c(=O)c23)cc1. The number of hydrogen-bond donors (Lipinski definition) is 0. The van der Waals surface area contributed by atoms with Crippen molar-refractivity contribution < 1.29 is 4.74 Å². The van der Waals surface area contributed by atoms with Crippen LogP contribution in [0.25, 0.3) is 21.3 Å². The van der Waals surface area contributed by atoms with Gasteiger partial charge in [-0.3, -0.25) is 9.36 Å². The molecule has 0 aliphatic carbocycles. The van der Waals surface area contributed by atoms with E-state index in [2.05, 4.69) is 18.8 Å². The molecule has 3 rings (SSSR count). The Balaban J connectivity index is 2.16. The molecule has 0 radical (unpaired) electrons. The van der Waals surface area contributed by atoms with Gasteiger partial charge < -0.3 is 4.74 Å². The smallest absolute Gasteiger partial charge is 0.262 e. The van der Waals surface area contributed by atoms with E-state index in [4.69, 9.17) is 4.74 Å². The molecule has 0 amide bonds. The van der Waals surface area contributed by atoms with Crippen molar-refractivity contribution in [2.24, 2.45) is 5.92 Å². The van der Waals surface area contributed by atoms with Crippen molar-refractivity contribution in [2.45, 2.75) is 34.2 Å². The number of rotatable bonds is 5. The first-order chi connectivity index (χ1) is 11.5. The third-order valence-corrected chi connectivity index (χ3v) is 4.88. The average Bonchev–Trinajstić information content (AvgIpc) is 2.88. The van der Waals surface area contributed by atoms with Gasteiger partial charge >= 0.3 is 0 Å². The molecule has 2 aromatic heterocycles. The Bertz CT molecular complexity index is 908. The lowest BCUT2D eigenvalue weighted by molar-refractivity contribution is 0.340. The maximum Gasteiger partial charge on any atom is 0.262 e. The molecule has 0 atom stereocenters. The molecule has 5 heteroatoms. The predicted molar refractivity (Wildman–Crippen MR) is 100 cm³/mol. The lowest BCUT2D eigenvalue weighted by Crippen LogP contribution is -2.22. The zero-order valence-electron chi connectivity index (χ0n) is 14.5. The minimum Gasteiger partial charge on any atom is -0.494 e. The molecule has 3 aromatic rings. The zero-order chi connectivity index (χ0) is 17.3. The molecule has 0 spiro atoms. The fraction of sp³-hybridized carbons (Fsp3) is 0.368. The molecule has 0 fully saturated rings. The molecule has 0 unspecified atom stereocenters. The topological polar surface area (TPSA) is 44.1 Å². The Hall–Kier alpha value is -2.14. The van der Waals surface area contributed by atoms with E-state index in [1.807, 2.05) is 38.1 Å². The van der Waals surface area contributed by atoms with Crippen LogP contribution in [0.1, 0.15) is 25.6 Å². The van der Waals surface area contributed by atoms with Crippen LogP contribution in [0.5, 0.6) is 5.75 Å². The fourth-order valence-corrected chi connectivity index (χ4v) is 3.90. The van der Waals surface area contributed by atoms with E-state index in [0.29, 0.717) is 19.1 Å². The van der Waals surface area contributed by atoms with Crippen LogP contribution in [0.15, 0.2) is 35.4 Å². The molecule has 4 nitrogen and oxygen atoms in total. The summed E-state index contributed by atoms with van der Waals surface area (Å²) >= 11 is 1.57. The van der Waals surface area contributed by atoms with Crippen LogP contribution in [0.4, 0.5) is 0 Å². The zero-order valence-corrected chi connectivity index (χ0v) is 15.3. The number of nitrogens with zero attached hydrogens (tertiary/aromatic N) is 2. The van der Waals surface area contributed by atoms with Crippen LogP contribution in [0.2, 0.25) is 0 Å². The summed E-state index contributed by atoms with van der Waals surface area (Å²) < 4.78 is 7.23. The number of aromatic nitrogens is 2. The quantitative estimate of drug-likeness (QED) is 0.686. The summed E-state index contributed by atoms with van der Waals surface area (Å²) in [5.41, 5.74) is 2.07. The fourth-order valence-electron chi connectivity index (χ4n) is 2.89. The predicted octanol–water partition coefficient (Wildman–Crippen LogP) is 4.49. The van der Waals surface area contributed by atoms with E-state index in [0.717, 1.165) is 32.0 Å². The first-order valence-electron chi connectivity index (χ1n) is 8.23. The van der Waals surface area contributed by atoms with E-state index in [1.54, 1.807) is 22.2 Å². The Morgan fingerprint density at radius 3 is 2.58 bits per heavy atom. The second-order valence-corrected chi connectivity index (χ2v) is 7.47.